The van der Waals surface area contributed by atoms with Gasteiger partial charge in [0.1, 0.15) is 5.00 Å². The second-order valence-corrected chi connectivity index (χ2v) is 3.74. The molecule has 1 aromatic heterocycles. The van der Waals surface area contributed by atoms with Crippen LogP contribution in [-0.2, 0) is 4.74 Å². The van der Waals surface area contributed by atoms with Gasteiger partial charge in [-0.3, -0.25) is 0 Å². The number of rotatable bonds is 2. The van der Waals surface area contributed by atoms with E-state index in [1.165, 1.54) is 18.4 Å². The molecule has 0 aliphatic carbocycles. The monoisotopic (exact) mass is 197 g/mol. The summed E-state index contributed by atoms with van der Waals surface area (Å²) in [5.41, 5.74) is 6.95. The zero-order valence-electron chi connectivity index (χ0n) is 7.59. The standard InChI is InChI=1S/C9H11NO2S/c1-5(2)7-4-6(8(10)13-7)9(11)12-3/h4H,1,10H2,2-3H3. The fourth-order valence-electron chi connectivity index (χ4n) is 0.885. The van der Waals surface area contributed by atoms with Crippen molar-refractivity contribution < 1.29 is 9.53 Å². The average molecular weight is 197 g/mol. The summed E-state index contributed by atoms with van der Waals surface area (Å²) >= 11 is 1.34. The van der Waals surface area contributed by atoms with E-state index in [2.05, 4.69) is 11.3 Å². The first-order chi connectivity index (χ1) is 6.06. The molecule has 3 nitrogen and oxygen atoms in total. The normalized spacial score (nSPS) is 9.69. The lowest BCUT2D eigenvalue weighted by Crippen LogP contribution is -2.01. The molecule has 0 saturated carbocycles. The van der Waals surface area contributed by atoms with E-state index in [0.29, 0.717) is 10.6 Å². The van der Waals surface area contributed by atoms with E-state index in [0.717, 1.165) is 10.5 Å². The Hall–Kier alpha value is -1.29. The number of carbonyl (C=O) groups is 1. The van der Waals surface area contributed by atoms with Crippen molar-refractivity contribution in [3.63, 3.8) is 0 Å². The highest BCUT2D eigenvalue weighted by Crippen LogP contribution is 2.29. The Balaban J connectivity index is 3.10. The molecule has 0 aliphatic rings. The van der Waals surface area contributed by atoms with Gasteiger partial charge >= 0.3 is 5.97 Å². The Morgan fingerprint density at radius 2 is 2.31 bits per heavy atom. The largest absolute Gasteiger partial charge is 0.465 e. The Labute approximate surface area is 80.8 Å². The molecule has 1 rings (SSSR count). The van der Waals surface area contributed by atoms with Gasteiger partial charge in [-0.15, -0.1) is 11.3 Å². The van der Waals surface area contributed by atoms with Crippen molar-refractivity contribution >= 4 is 27.9 Å². The summed E-state index contributed by atoms with van der Waals surface area (Å²) in [4.78, 5) is 12.1. The lowest BCUT2D eigenvalue weighted by molar-refractivity contribution is 0.0602. The van der Waals surface area contributed by atoms with Crippen LogP contribution in [0.1, 0.15) is 22.2 Å². The van der Waals surface area contributed by atoms with Crippen LogP contribution in [0, 0.1) is 0 Å². The molecule has 1 aromatic rings. The van der Waals surface area contributed by atoms with Crippen LogP contribution in [0.15, 0.2) is 12.6 Å². The zero-order valence-corrected chi connectivity index (χ0v) is 8.40. The minimum atomic E-state index is -0.402. The first kappa shape index (κ1) is 9.80. The number of methoxy groups -OCH3 is 1. The van der Waals surface area contributed by atoms with Crippen molar-refractivity contribution in [1.82, 2.24) is 0 Å². The van der Waals surface area contributed by atoms with Gasteiger partial charge < -0.3 is 10.5 Å². The number of allylic oxidation sites excluding steroid dienone is 1. The summed E-state index contributed by atoms with van der Waals surface area (Å²) in [5, 5.41) is 0.477. The molecular formula is C9H11NO2S. The van der Waals surface area contributed by atoms with Crippen LogP contribution in [0.3, 0.4) is 0 Å². The first-order valence-corrected chi connectivity index (χ1v) is 4.51. The van der Waals surface area contributed by atoms with Gasteiger partial charge in [-0.05, 0) is 18.6 Å². The lowest BCUT2D eigenvalue weighted by atomic mass is 10.2. The van der Waals surface area contributed by atoms with E-state index < -0.39 is 5.97 Å². The Morgan fingerprint density at radius 1 is 1.69 bits per heavy atom. The van der Waals surface area contributed by atoms with Gasteiger partial charge in [0.05, 0.1) is 12.7 Å². The number of nitrogens with two attached hydrogens (primary N) is 1. The molecule has 4 heteroatoms. The Morgan fingerprint density at radius 3 is 2.69 bits per heavy atom. The fourth-order valence-corrected chi connectivity index (χ4v) is 1.73. The smallest absolute Gasteiger partial charge is 0.340 e. The van der Waals surface area contributed by atoms with Gasteiger partial charge in [-0.1, -0.05) is 6.58 Å². The molecule has 0 bridgehead atoms. The molecule has 0 unspecified atom stereocenters. The van der Waals surface area contributed by atoms with Crippen LogP contribution in [0.25, 0.3) is 5.57 Å². The Bertz CT molecular complexity index is 354. The third kappa shape index (κ3) is 1.89. The molecule has 0 spiro atoms. The summed E-state index contributed by atoms with van der Waals surface area (Å²) in [6.45, 7) is 5.64. The van der Waals surface area contributed by atoms with Crippen LogP contribution in [-0.4, -0.2) is 13.1 Å². The number of anilines is 1. The van der Waals surface area contributed by atoms with Gasteiger partial charge in [-0.2, -0.15) is 0 Å². The van der Waals surface area contributed by atoms with Gasteiger partial charge in [0.25, 0.3) is 0 Å². The maximum absolute atomic E-state index is 11.1. The van der Waals surface area contributed by atoms with E-state index in [1.807, 2.05) is 6.92 Å². The van der Waals surface area contributed by atoms with Gasteiger partial charge in [0.2, 0.25) is 0 Å². The quantitative estimate of drug-likeness (QED) is 0.739. The second-order valence-electron chi connectivity index (χ2n) is 2.66. The highest BCUT2D eigenvalue weighted by molar-refractivity contribution is 7.17. The number of thiophene rings is 1. The molecule has 0 amide bonds. The number of esters is 1. The van der Waals surface area contributed by atoms with E-state index >= 15 is 0 Å². The SMILES string of the molecule is C=C(C)c1cc(C(=O)OC)c(N)s1. The third-order valence-electron chi connectivity index (χ3n) is 1.59. The van der Waals surface area contributed by atoms with Crippen molar-refractivity contribution in [3.8, 4) is 0 Å². The molecule has 0 aliphatic heterocycles. The fraction of sp³-hybridized carbons (Fsp3) is 0.222. The summed E-state index contributed by atoms with van der Waals surface area (Å²) in [5.74, 6) is -0.402. The minimum Gasteiger partial charge on any atom is -0.465 e. The zero-order chi connectivity index (χ0) is 10.0. The summed E-state index contributed by atoms with van der Waals surface area (Å²) < 4.78 is 4.57. The lowest BCUT2D eigenvalue weighted by Gasteiger charge is -1.94. The first-order valence-electron chi connectivity index (χ1n) is 3.69. The molecule has 0 radical (unpaired) electrons. The van der Waals surface area contributed by atoms with Crippen molar-refractivity contribution in [2.75, 3.05) is 12.8 Å². The number of ether oxygens (including phenoxy) is 1. The van der Waals surface area contributed by atoms with Crippen molar-refractivity contribution in [2.24, 2.45) is 0 Å². The number of carbonyl (C=O) groups excluding carboxylic acids is 1. The predicted octanol–water partition coefficient (Wildman–Crippen LogP) is 2.15. The second kappa shape index (κ2) is 3.62. The Kier molecular flexibility index (Phi) is 2.72. The number of hydrogen-bond donors (Lipinski definition) is 1. The minimum absolute atomic E-state index is 0.402. The molecular weight excluding hydrogens is 186 g/mol. The van der Waals surface area contributed by atoms with E-state index in [9.17, 15) is 4.79 Å². The molecule has 0 atom stereocenters. The molecule has 2 N–H and O–H groups in total. The summed E-state index contributed by atoms with van der Waals surface area (Å²) in [6.07, 6.45) is 0. The van der Waals surface area contributed by atoms with Crippen molar-refractivity contribution in [1.29, 1.82) is 0 Å². The van der Waals surface area contributed by atoms with E-state index in [-0.39, 0.29) is 0 Å². The topological polar surface area (TPSA) is 52.3 Å². The van der Waals surface area contributed by atoms with Crippen LogP contribution in [0.2, 0.25) is 0 Å². The highest BCUT2D eigenvalue weighted by Gasteiger charge is 2.14. The summed E-state index contributed by atoms with van der Waals surface area (Å²) in [7, 11) is 1.33. The highest BCUT2D eigenvalue weighted by atomic mass is 32.1. The van der Waals surface area contributed by atoms with Gasteiger partial charge in [-0.25, -0.2) is 4.79 Å². The average Bonchev–Trinajstić information content (AvgIpc) is 2.46. The van der Waals surface area contributed by atoms with Crippen molar-refractivity contribution in [3.05, 3.63) is 23.1 Å². The number of nitrogen functional groups attached to an aromatic ring is 1. The molecule has 0 aromatic carbocycles. The van der Waals surface area contributed by atoms with Crippen LogP contribution >= 0.6 is 11.3 Å². The maximum Gasteiger partial charge on any atom is 0.340 e. The molecule has 1 heterocycles. The van der Waals surface area contributed by atoms with E-state index in [1.54, 1.807) is 6.07 Å². The molecule has 70 valence electrons. The third-order valence-corrected chi connectivity index (χ3v) is 2.71. The molecule has 0 saturated heterocycles. The number of hydrogen-bond acceptors (Lipinski definition) is 4. The van der Waals surface area contributed by atoms with Gasteiger partial charge in [0, 0.05) is 4.88 Å². The van der Waals surface area contributed by atoms with Crippen LogP contribution < -0.4 is 5.73 Å². The van der Waals surface area contributed by atoms with E-state index in [4.69, 9.17) is 5.73 Å². The van der Waals surface area contributed by atoms with Gasteiger partial charge in [0.15, 0.2) is 0 Å². The summed E-state index contributed by atoms with van der Waals surface area (Å²) in [6, 6.07) is 1.70. The van der Waals surface area contributed by atoms with Crippen molar-refractivity contribution in [2.45, 2.75) is 6.92 Å². The molecule has 13 heavy (non-hydrogen) atoms. The molecule has 0 fully saturated rings. The van der Waals surface area contributed by atoms with Crippen LogP contribution in [0.5, 0.6) is 0 Å². The maximum atomic E-state index is 11.1. The van der Waals surface area contributed by atoms with Crippen LogP contribution in [0.4, 0.5) is 5.00 Å². The predicted molar refractivity (Wildman–Crippen MR) is 54.8 cm³/mol.